The van der Waals surface area contributed by atoms with Gasteiger partial charge >= 0.3 is 0 Å². The van der Waals surface area contributed by atoms with E-state index in [1.54, 1.807) is 0 Å². The molecule has 2 aliphatic heterocycles. The lowest BCUT2D eigenvalue weighted by atomic mass is 9.95. The number of nitrogens with zero attached hydrogens (tertiary/aromatic N) is 2. The fourth-order valence-electron chi connectivity index (χ4n) is 13.5. The molecule has 2 aliphatic rings. The molecular weight excluding hydrogens is 1250 g/mol. The molecule has 0 bridgehead atoms. The monoisotopic (exact) mass is 1330 g/mol. The third-order valence-corrected chi connectivity index (χ3v) is 18.3. The number of rotatable bonds is 30. The molecule has 15 rings (SSSR count). The minimum Gasteiger partial charge on any atom is -0.489 e. The fraction of sp³-hybridized carbons (Fsp3) is 0.200. The maximum absolute atomic E-state index is 16.4. The number of imide groups is 1. The zero-order valence-electron chi connectivity index (χ0n) is 55.2. The number of H-pyrrole nitrogens is 1. The van der Waals surface area contributed by atoms with E-state index in [1.807, 2.05) is 279 Å². The molecule has 0 radical (unpaired) electrons. The van der Waals surface area contributed by atoms with E-state index in [0.717, 1.165) is 49.5 Å². The van der Waals surface area contributed by atoms with Gasteiger partial charge < -0.3 is 52.2 Å². The van der Waals surface area contributed by atoms with E-state index in [-0.39, 0.29) is 64.0 Å². The van der Waals surface area contributed by atoms with Crippen LogP contribution in [0.4, 0.5) is 0 Å². The van der Waals surface area contributed by atoms with Gasteiger partial charge in [-0.1, -0.05) is 243 Å². The predicted octanol–water partition coefficient (Wildman–Crippen LogP) is 16.4. The number of carbonyl (C=O) groups is 2. The summed E-state index contributed by atoms with van der Waals surface area (Å²) in [5, 5.41) is 3.51. The number of hydrogen-bond acceptors (Lipinski definition) is 12. The first-order chi connectivity index (χ1) is 49.4. The molecule has 2 aromatic heterocycles. The average molecular weight is 1330 g/mol. The van der Waals surface area contributed by atoms with E-state index in [0.29, 0.717) is 74.9 Å². The number of benzene rings is 11. The Labute approximate surface area is 580 Å². The van der Waals surface area contributed by atoms with Gasteiger partial charge in [0.1, 0.15) is 49.1 Å². The van der Waals surface area contributed by atoms with Gasteiger partial charge in [0.25, 0.3) is 11.8 Å². The number of hydrazine groups is 1. The lowest BCUT2D eigenvalue weighted by Gasteiger charge is -2.47. The molecule has 4 heterocycles. The molecule has 1 fully saturated rings. The highest BCUT2D eigenvalue weighted by molar-refractivity contribution is 6.39. The van der Waals surface area contributed by atoms with E-state index in [2.05, 4.69) is 15.0 Å². The molecule has 13 aromatic rings. The molecule has 15 heteroatoms. The third kappa shape index (κ3) is 14.8. The number of amides is 2. The van der Waals surface area contributed by atoms with Crippen molar-refractivity contribution in [3.05, 3.63) is 335 Å². The maximum Gasteiger partial charge on any atom is 0.276 e. The van der Waals surface area contributed by atoms with Crippen molar-refractivity contribution in [2.45, 2.75) is 89.5 Å². The van der Waals surface area contributed by atoms with Crippen LogP contribution in [0.1, 0.15) is 71.5 Å². The van der Waals surface area contributed by atoms with E-state index < -0.39 is 48.5 Å². The first kappa shape index (κ1) is 65.4. The molecule has 5 atom stereocenters. The minimum absolute atomic E-state index is 0.0753. The Morgan fingerprint density at radius 3 is 1.26 bits per heavy atom. The van der Waals surface area contributed by atoms with Crippen LogP contribution in [0.2, 0.25) is 0 Å². The highest BCUT2D eigenvalue weighted by Crippen LogP contribution is 2.49. The van der Waals surface area contributed by atoms with Crippen molar-refractivity contribution in [1.82, 2.24) is 20.0 Å². The highest BCUT2D eigenvalue weighted by Gasteiger charge is 2.51. The minimum atomic E-state index is -1.08. The smallest absolute Gasteiger partial charge is 0.276 e. The molecule has 0 saturated carbocycles. The van der Waals surface area contributed by atoms with Crippen molar-refractivity contribution < 1.29 is 52.2 Å². The zero-order chi connectivity index (χ0) is 67.4. The number of hydrogen-bond donors (Lipinski definition) is 2. The molecule has 1 saturated heterocycles. The summed E-state index contributed by atoms with van der Waals surface area (Å²) in [5.74, 6) is 0.0412. The summed E-state index contributed by atoms with van der Waals surface area (Å²) >= 11 is 0. The van der Waals surface area contributed by atoms with Gasteiger partial charge in [-0.05, 0) is 68.8 Å². The van der Waals surface area contributed by atoms with Crippen molar-refractivity contribution in [2.24, 2.45) is 0 Å². The van der Waals surface area contributed by atoms with Gasteiger partial charge in [0.15, 0.2) is 6.23 Å². The summed E-state index contributed by atoms with van der Waals surface area (Å²) in [6.07, 6.45) is -4.50. The lowest BCUT2D eigenvalue weighted by Crippen LogP contribution is -2.59. The summed E-state index contributed by atoms with van der Waals surface area (Å²) in [6.45, 7) is 2.29. The Morgan fingerprint density at radius 1 is 0.400 bits per heavy atom. The number of fused-ring (bicyclic) bond motifs is 10. The first-order valence-corrected chi connectivity index (χ1v) is 34.0. The van der Waals surface area contributed by atoms with Crippen LogP contribution in [-0.2, 0) is 86.0 Å². The van der Waals surface area contributed by atoms with Crippen molar-refractivity contribution in [2.75, 3.05) is 19.8 Å². The third-order valence-electron chi connectivity index (χ3n) is 18.3. The normalized spacial score (nSPS) is 16.9. The SMILES string of the molecule is O=C1c2c(c3c4ccc(OCc5ccccc5)cc4n(C4O[C@H](COCc5ccccc5)[C@@H](OCc5ccccc5)[C@H](OCc5ccccc5)[C@H]4OCc4ccccc4)c3c3[nH]c4cc(OCc5ccccc5)ccc4c23)C(=O)N1NC(COCc1ccccc1)COCc1ccccc1. The summed E-state index contributed by atoms with van der Waals surface area (Å²) in [5.41, 5.74) is 13.9. The summed E-state index contributed by atoms with van der Waals surface area (Å²) in [7, 11) is 0. The second kappa shape index (κ2) is 31.1. The quantitative estimate of drug-likeness (QED) is 0.0412. The van der Waals surface area contributed by atoms with Gasteiger partial charge in [-0.3, -0.25) is 9.59 Å². The molecule has 0 spiro atoms. The van der Waals surface area contributed by atoms with Crippen LogP contribution in [0.3, 0.4) is 0 Å². The molecule has 100 heavy (non-hydrogen) atoms. The van der Waals surface area contributed by atoms with Crippen LogP contribution in [0.15, 0.2) is 279 Å². The number of nitrogens with one attached hydrogen (secondary N) is 2. The Bertz CT molecular complexity index is 4810. The largest absolute Gasteiger partial charge is 0.489 e. The molecule has 2 N–H and O–H groups in total. The van der Waals surface area contributed by atoms with E-state index in [1.165, 1.54) is 0 Å². The molecular formula is C85H76N4O11. The van der Waals surface area contributed by atoms with Crippen molar-refractivity contribution in [3.63, 3.8) is 0 Å². The summed E-state index contributed by atoms with van der Waals surface area (Å²) < 4.78 is 65.0. The van der Waals surface area contributed by atoms with Gasteiger partial charge in [-0.15, -0.1) is 0 Å². The zero-order valence-corrected chi connectivity index (χ0v) is 55.2. The standard InChI is InChI=1S/C85H76N4O11/c90-83-76-74-69-43-41-67(95-50-61-31-15-4-16-32-61)45-71(69)86-78(74)79-75(77(76)84(91)89(83)87-66(55-92-47-58-25-9-1-10-26-58)56-93-48-59-27-11-2-12-28-59)70-44-42-68(96-51-62-33-17-5-18-34-62)46-72(70)88(79)85-82(99-54-65-39-23-8-24-40-65)81(98-53-64-37-21-7-22-38-64)80(97-52-63-35-19-6-20-36-63)73(100-85)57-94-49-60-29-13-3-14-30-60/h1-46,66,73,80-82,85-87H,47-57H2/t73-,80-,81+,82-,85?/m1/s1. The second-order valence-corrected chi connectivity index (χ2v) is 25.3. The summed E-state index contributed by atoms with van der Waals surface area (Å²) in [6, 6.07) is 91.0. The van der Waals surface area contributed by atoms with Crippen LogP contribution >= 0.6 is 0 Å². The average Bonchev–Trinajstić information content (AvgIpc) is 1.52. The first-order valence-electron chi connectivity index (χ1n) is 34.0. The topological polar surface area (TPSA) is 153 Å². The predicted molar refractivity (Wildman–Crippen MR) is 385 cm³/mol. The van der Waals surface area contributed by atoms with Crippen LogP contribution in [0.25, 0.3) is 43.6 Å². The second-order valence-electron chi connectivity index (χ2n) is 25.3. The van der Waals surface area contributed by atoms with Gasteiger partial charge in [0, 0.05) is 33.7 Å². The Morgan fingerprint density at radius 2 is 0.790 bits per heavy atom. The van der Waals surface area contributed by atoms with Gasteiger partial charge in [-0.25, -0.2) is 10.4 Å². The molecule has 2 amide bonds. The Kier molecular flexibility index (Phi) is 20.3. The van der Waals surface area contributed by atoms with E-state index in [9.17, 15) is 0 Å². The summed E-state index contributed by atoms with van der Waals surface area (Å²) in [4.78, 5) is 36.4. The Hall–Kier alpha value is -10.6. The fourth-order valence-corrected chi connectivity index (χ4v) is 13.5. The molecule has 1 unspecified atom stereocenters. The molecule has 502 valence electrons. The van der Waals surface area contributed by atoms with Crippen LogP contribution in [0.5, 0.6) is 11.5 Å². The van der Waals surface area contributed by atoms with E-state index in [4.69, 9.17) is 42.6 Å². The number of aromatic nitrogens is 2. The van der Waals surface area contributed by atoms with Gasteiger partial charge in [0.05, 0.1) is 98.7 Å². The van der Waals surface area contributed by atoms with Crippen molar-refractivity contribution in [1.29, 1.82) is 0 Å². The van der Waals surface area contributed by atoms with Gasteiger partial charge in [0.2, 0.25) is 0 Å². The van der Waals surface area contributed by atoms with Crippen LogP contribution < -0.4 is 14.9 Å². The van der Waals surface area contributed by atoms with Crippen LogP contribution in [0, 0.1) is 0 Å². The molecule has 15 nitrogen and oxygen atoms in total. The molecule has 11 aromatic carbocycles. The lowest BCUT2D eigenvalue weighted by molar-refractivity contribution is -0.288. The molecule has 0 aliphatic carbocycles. The number of carbonyl (C=O) groups excluding carboxylic acids is 2. The highest BCUT2D eigenvalue weighted by atomic mass is 16.6. The Balaban J connectivity index is 0.936. The van der Waals surface area contributed by atoms with Gasteiger partial charge in [-0.2, -0.15) is 0 Å². The van der Waals surface area contributed by atoms with Crippen molar-refractivity contribution >= 4 is 55.4 Å². The van der Waals surface area contributed by atoms with E-state index >= 15 is 9.59 Å². The number of aromatic amines is 1. The maximum atomic E-state index is 16.4. The van der Waals surface area contributed by atoms with Crippen LogP contribution in [-0.4, -0.2) is 76.7 Å². The van der Waals surface area contributed by atoms with Crippen molar-refractivity contribution in [3.8, 4) is 11.5 Å². The number of ether oxygens (including phenoxy) is 9.